The van der Waals surface area contributed by atoms with Crippen LogP contribution in [0.1, 0.15) is 17.5 Å². The van der Waals surface area contributed by atoms with Crippen molar-refractivity contribution < 1.29 is 0 Å². The summed E-state index contributed by atoms with van der Waals surface area (Å²) in [5.41, 5.74) is 14.8. The molecule has 0 saturated carbocycles. The number of anilines is 1. The summed E-state index contributed by atoms with van der Waals surface area (Å²) in [4.78, 5) is 7.71. The number of rotatable bonds is 4. The molecular weight excluding hydrogens is 340 g/mol. The molecule has 0 amide bonds. The van der Waals surface area contributed by atoms with E-state index in [9.17, 15) is 0 Å². The smallest absolute Gasteiger partial charge is 0.185 e. The number of thioether (sulfide) groups is 1. The summed E-state index contributed by atoms with van der Waals surface area (Å²) in [6.07, 6.45) is 0.886. The van der Waals surface area contributed by atoms with Crippen LogP contribution in [0.4, 0.5) is 5.69 Å². The minimum absolute atomic E-state index is 0.145. The summed E-state index contributed by atoms with van der Waals surface area (Å²) in [6.45, 7) is 2.37. The Labute approximate surface area is 151 Å². The van der Waals surface area contributed by atoms with Gasteiger partial charge < -0.3 is 16.4 Å². The first-order valence-corrected chi connectivity index (χ1v) is 9.29. The topological polar surface area (TPSA) is 67.6 Å². The van der Waals surface area contributed by atoms with E-state index in [0.717, 1.165) is 30.3 Å². The summed E-state index contributed by atoms with van der Waals surface area (Å²) in [6, 6.07) is 14.7. The van der Waals surface area contributed by atoms with Crippen molar-refractivity contribution in [2.45, 2.75) is 23.6 Å². The average molecular weight is 361 g/mol. The first kappa shape index (κ1) is 17.0. The maximum atomic E-state index is 6.25. The van der Waals surface area contributed by atoms with Crippen molar-refractivity contribution in [1.82, 2.24) is 0 Å². The highest BCUT2D eigenvalue weighted by Gasteiger charge is 2.18. The molecule has 24 heavy (non-hydrogen) atoms. The Morgan fingerprint density at radius 3 is 2.75 bits per heavy atom. The van der Waals surface area contributed by atoms with Gasteiger partial charge in [0.15, 0.2) is 5.96 Å². The number of aliphatic imine (C=N–C) groups is 1. The van der Waals surface area contributed by atoms with Gasteiger partial charge >= 0.3 is 0 Å². The molecule has 1 heterocycles. The number of guanidine groups is 1. The number of fused-ring (bicyclic) bond motifs is 2. The molecule has 1 aliphatic rings. The number of halogens is 1. The number of nitrogens with zero attached hydrogens (tertiary/aromatic N) is 2. The highest BCUT2D eigenvalue weighted by molar-refractivity contribution is 7.98. The van der Waals surface area contributed by atoms with Crippen LogP contribution in [-0.2, 0) is 12.3 Å². The van der Waals surface area contributed by atoms with Crippen LogP contribution in [0.2, 0.25) is 5.02 Å². The van der Waals surface area contributed by atoms with Crippen LogP contribution in [0.5, 0.6) is 0 Å². The van der Waals surface area contributed by atoms with Crippen molar-refractivity contribution in [3.63, 3.8) is 0 Å². The SMILES string of the molecule is NC(N)=NCCCN1Cc2ccccc2CSc2ccc(Cl)cc21. The van der Waals surface area contributed by atoms with Crippen molar-refractivity contribution in [2.24, 2.45) is 16.5 Å². The van der Waals surface area contributed by atoms with Crippen LogP contribution < -0.4 is 16.4 Å². The van der Waals surface area contributed by atoms with Crippen molar-refractivity contribution in [3.05, 3.63) is 58.6 Å². The molecule has 0 saturated heterocycles. The van der Waals surface area contributed by atoms with Gasteiger partial charge in [-0.2, -0.15) is 0 Å². The summed E-state index contributed by atoms with van der Waals surface area (Å²) < 4.78 is 0. The van der Waals surface area contributed by atoms with Crippen molar-refractivity contribution in [3.8, 4) is 0 Å². The van der Waals surface area contributed by atoms with Crippen LogP contribution in [0, 0.1) is 0 Å². The molecule has 0 atom stereocenters. The van der Waals surface area contributed by atoms with Gasteiger partial charge in [-0.25, -0.2) is 0 Å². The van der Waals surface area contributed by atoms with Gasteiger partial charge in [-0.3, -0.25) is 4.99 Å². The predicted molar refractivity (Wildman–Crippen MR) is 104 cm³/mol. The van der Waals surface area contributed by atoms with Gasteiger partial charge in [-0.15, -0.1) is 11.8 Å². The minimum Gasteiger partial charge on any atom is -0.370 e. The van der Waals surface area contributed by atoms with Crippen molar-refractivity contribution in [1.29, 1.82) is 0 Å². The van der Waals surface area contributed by atoms with Crippen LogP contribution in [0.15, 0.2) is 52.4 Å². The largest absolute Gasteiger partial charge is 0.370 e. The average Bonchev–Trinajstić information content (AvgIpc) is 2.55. The van der Waals surface area contributed by atoms with Gasteiger partial charge in [-0.05, 0) is 35.7 Å². The van der Waals surface area contributed by atoms with E-state index < -0.39 is 0 Å². The van der Waals surface area contributed by atoms with Crippen molar-refractivity contribution >= 4 is 35.0 Å². The molecule has 0 aliphatic carbocycles. The van der Waals surface area contributed by atoms with E-state index in [2.05, 4.69) is 46.3 Å². The Kier molecular flexibility index (Phi) is 5.53. The number of benzene rings is 2. The standard InChI is InChI=1S/C18H21ClN4S/c19-15-6-7-17-16(10-15)23(9-3-8-22-18(20)21)11-13-4-1-2-5-14(13)12-24-17/h1-2,4-7,10H,3,8-9,11-12H2,(H4,20,21,22). The zero-order valence-corrected chi connectivity index (χ0v) is 15.0. The van der Waals surface area contributed by atoms with Crippen LogP contribution in [0.3, 0.4) is 0 Å². The molecule has 4 nitrogen and oxygen atoms in total. The maximum Gasteiger partial charge on any atom is 0.185 e. The van der Waals surface area contributed by atoms with Gasteiger partial charge in [0.1, 0.15) is 0 Å². The van der Waals surface area contributed by atoms with E-state index in [1.165, 1.54) is 21.7 Å². The van der Waals surface area contributed by atoms with E-state index in [-0.39, 0.29) is 5.96 Å². The molecule has 1 aliphatic heterocycles. The second-order valence-electron chi connectivity index (χ2n) is 5.75. The molecule has 0 unspecified atom stereocenters. The summed E-state index contributed by atoms with van der Waals surface area (Å²) in [5, 5.41) is 0.762. The fraction of sp³-hybridized carbons (Fsp3) is 0.278. The molecule has 0 aromatic heterocycles. The summed E-state index contributed by atoms with van der Waals surface area (Å²) >= 11 is 8.10. The molecule has 2 aromatic rings. The van der Waals surface area contributed by atoms with Crippen LogP contribution in [-0.4, -0.2) is 19.0 Å². The van der Waals surface area contributed by atoms with Gasteiger partial charge in [0.25, 0.3) is 0 Å². The van der Waals surface area contributed by atoms with Crippen molar-refractivity contribution in [2.75, 3.05) is 18.0 Å². The third kappa shape index (κ3) is 4.16. The number of hydrogen-bond donors (Lipinski definition) is 2. The van der Waals surface area contributed by atoms with E-state index >= 15 is 0 Å². The Hall–Kier alpha value is -1.85. The summed E-state index contributed by atoms with van der Waals surface area (Å²) in [5.74, 6) is 1.12. The number of nitrogens with two attached hydrogens (primary N) is 2. The van der Waals surface area contributed by atoms with Crippen LogP contribution in [0.25, 0.3) is 0 Å². The monoisotopic (exact) mass is 360 g/mol. The third-order valence-electron chi connectivity index (χ3n) is 4.00. The first-order chi connectivity index (χ1) is 11.6. The molecule has 3 rings (SSSR count). The van der Waals surface area contributed by atoms with E-state index in [1.54, 1.807) is 0 Å². The second-order valence-corrected chi connectivity index (χ2v) is 7.20. The zero-order chi connectivity index (χ0) is 16.9. The molecule has 2 aromatic carbocycles. The molecule has 4 N–H and O–H groups in total. The zero-order valence-electron chi connectivity index (χ0n) is 13.4. The molecule has 0 radical (unpaired) electrons. The Balaban J connectivity index is 1.87. The summed E-state index contributed by atoms with van der Waals surface area (Å²) in [7, 11) is 0. The lowest BCUT2D eigenvalue weighted by atomic mass is 10.1. The molecule has 6 heteroatoms. The van der Waals surface area contributed by atoms with E-state index in [1.807, 2.05) is 17.8 Å². The Morgan fingerprint density at radius 1 is 1.17 bits per heavy atom. The molecule has 126 valence electrons. The lowest BCUT2D eigenvalue weighted by Crippen LogP contribution is -2.27. The maximum absolute atomic E-state index is 6.25. The second kappa shape index (κ2) is 7.81. The third-order valence-corrected chi connectivity index (χ3v) is 5.35. The molecular formula is C18H21ClN4S. The fourth-order valence-electron chi connectivity index (χ4n) is 2.83. The van der Waals surface area contributed by atoms with Gasteiger partial charge in [0.2, 0.25) is 0 Å². The molecule has 0 spiro atoms. The predicted octanol–water partition coefficient (Wildman–Crippen LogP) is 3.62. The normalized spacial score (nSPS) is 13.5. The fourth-order valence-corrected chi connectivity index (χ4v) is 4.09. The number of hydrogen-bond acceptors (Lipinski definition) is 3. The van der Waals surface area contributed by atoms with Crippen LogP contribution >= 0.6 is 23.4 Å². The van der Waals surface area contributed by atoms with Gasteiger partial charge in [0, 0.05) is 35.3 Å². The van der Waals surface area contributed by atoms with E-state index in [0.29, 0.717) is 6.54 Å². The molecule has 0 fully saturated rings. The highest BCUT2D eigenvalue weighted by Crippen LogP contribution is 2.38. The van der Waals surface area contributed by atoms with Gasteiger partial charge in [-0.1, -0.05) is 35.9 Å². The Bertz CT molecular complexity index is 744. The minimum atomic E-state index is 0.145. The van der Waals surface area contributed by atoms with Gasteiger partial charge in [0.05, 0.1) is 5.69 Å². The van der Waals surface area contributed by atoms with E-state index in [4.69, 9.17) is 23.1 Å². The Morgan fingerprint density at radius 2 is 1.96 bits per heavy atom. The molecule has 0 bridgehead atoms. The lowest BCUT2D eigenvalue weighted by molar-refractivity contribution is 0.727. The quantitative estimate of drug-likeness (QED) is 0.496. The lowest BCUT2D eigenvalue weighted by Gasteiger charge is -2.30. The first-order valence-electron chi connectivity index (χ1n) is 7.93. The highest BCUT2D eigenvalue weighted by atomic mass is 35.5.